The molecular weight excluding hydrogens is 253 g/mol. The van der Waals surface area contributed by atoms with Crippen LogP contribution in [-0.2, 0) is 6.54 Å². The zero-order valence-electron chi connectivity index (χ0n) is 11.7. The van der Waals surface area contributed by atoms with Crippen molar-refractivity contribution >= 4 is 5.91 Å². The van der Waals surface area contributed by atoms with Crippen LogP contribution >= 0.6 is 0 Å². The second-order valence-corrected chi connectivity index (χ2v) is 5.02. The summed E-state index contributed by atoms with van der Waals surface area (Å²) < 4.78 is 13.2. The van der Waals surface area contributed by atoms with Crippen LogP contribution in [0.4, 0.5) is 4.39 Å². The van der Waals surface area contributed by atoms with Crippen LogP contribution in [0.3, 0.4) is 0 Å². The smallest absolute Gasteiger partial charge is 0.254 e. The fourth-order valence-electron chi connectivity index (χ4n) is 2.06. The Balaban J connectivity index is 2.23. The Morgan fingerprint density at radius 3 is 2.40 bits per heavy atom. The summed E-state index contributed by atoms with van der Waals surface area (Å²) in [7, 11) is 0. The fraction of sp³-hybridized carbons (Fsp3) is 0.235. The number of rotatable bonds is 4. The maximum absolute atomic E-state index is 13.2. The number of amides is 1. The summed E-state index contributed by atoms with van der Waals surface area (Å²) in [5.74, 6) is -0.539. The Morgan fingerprint density at radius 2 is 1.80 bits per heavy atom. The van der Waals surface area contributed by atoms with Gasteiger partial charge in [-0.3, -0.25) is 4.79 Å². The van der Waals surface area contributed by atoms with Gasteiger partial charge in [0.25, 0.3) is 5.91 Å². The Morgan fingerprint density at radius 1 is 1.10 bits per heavy atom. The first-order valence-electron chi connectivity index (χ1n) is 6.68. The molecule has 0 heterocycles. The molecule has 0 atom stereocenters. The molecule has 3 heteroatoms. The van der Waals surface area contributed by atoms with Gasteiger partial charge in [0.2, 0.25) is 0 Å². The molecule has 104 valence electrons. The number of carbonyl (C=O) groups is 1. The largest absolute Gasteiger partial charge is 0.332 e. The molecule has 0 aromatic heterocycles. The number of nitrogens with zero attached hydrogens (tertiary/aromatic N) is 1. The van der Waals surface area contributed by atoms with Gasteiger partial charge in [-0.25, -0.2) is 4.39 Å². The van der Waals surface area contributed by atoms with Crippen molar-refractivity contribution in [3.8, 4) is 0 Å². The summed E-state index contributed by atoms with van der Waals surface area (Å²) in [4.78, 5) is 14.2. The Bertz CT molecular complexity index is 581. The molecule has 0 aliphatic rings. The third-order valence-corrected chi connectivity index (χ3v) is 3.15. The lowest BCUT2D eigenvalue weighted by atomic mass is 10.1. The van der Waals surface area contributed by atoms with E-state index in [0.29, 0.717) is 12.1 Å². The first-order valence-corrected chi connectivity index (χ1v) is 6.68. The zero-order valence-corrected chi connectivity index (χ0v) is 11.7. The molecule has 2 aromatic carbocycles. The first-order chi connectivity index (χ1) is 9.58. The van der Waals surface area contributed by atoms with Crippen molar-refractivity contribution in [1.82, 2.24) is 4.90 Å². The molecule has 0 fully saturated rings. The van der Waals surface area contributed by atoms with Crippen LogP contribution in [0.15, 0.2) is 54.6 Å². The number of carbonyl (C=O) groups excluding carboxylic acids is 1. The number of hydrogen-bond acceptors (Lipinski definition) is 1. The van der Waals surface area contributed by atoms with Crippen molar-refractivity contribution < 1.29 is 9.18 Å². The van der Waals surface area contributed by atoms with E-state index in [2.05, 4.69) is 0 Å². The predicted molar refractivity (Wildman–Crippen MR) is 77.9 cm³/mol. The molecule has 2 rings (SSSR count). The molecule has 0 aliphatic heterocycles. The van der Waals surface area contributed by atoms with Crippen LogP contribution in [0.1, 0.15) is 29.8 Å². The molecule has 0 spiro atoms. The summed E-state index contributed by atoms with van der Waals surface area (Å²) in [6.45, 7) is 4.44. The maximum Gasteiger partial charge on any atom is 0.254 e. The highest BCUT2D eigenvalue weighted by Crippen LogP contribution is 2.14. The van der Waals surface area contributed by atoms with E-state index < -0.39 is 0 Å². The van der Waals surface area contributed by atoms with Gasteiger partial charge in [0.15, 0.2) is 0 Å². The van der Waals surface area contributed by atoms with Crippen molar-refractivity contribution in [1.29, 1.82) is 0 Å². The topological polar surface area (TPSA) is 20.3 Å². The van der Waals surface area contributed by atoms with Crippen molar-refractivity contribution in [2.45, 2.75) is 26.4 Å². The number of halogens is 1. The highest BCUT2D eigenvalue weighted by atomic mass is 19.1. The van der Waals surface area contributed by atoms with E-state index in [4.69, 9.17) is 0 Å². The lowest BCUT2D eigenvalue weighted by Crippen LogP contribution is -2.36. The minimum atomic E-state index is -0.390. The molecule has 2 nitrogen and oxygen atoms in total. The summed E-state index contributed by atoms with van der Waals surface area (Å²) in [6.07, 6.45) is 0. The van der Waals surface area contributed by atoms with E-state index in [0.717, 1.165) is 5.56 Å². The van der Waals surface area contributed by atoms with Gasteiger partial charge in [0.05, 0.1) is 0 Å². The molecule has 0 radical (unpaired) electrons. The van der Waals surface area contributed by atoms with Crippen LogP contribution in [0.25, 0.3) is 0 Å². The fourth-order valence-corrected chi connectivity index (χ4v) is 2.06. The Labute approximate surface area is 118 Å². The van der Waals surface area contributed by atoms with E-state index in [1.165, 1.54) is 12.1 Å². The van der Waals surface area contributed by atoms with Crippen LogP contribution in [0, 0.1) is 5.82 Å². The number of benzene rings is 2. The highest BCUT2D eigenvalue weighted by Gasteiger charge is 2.19. The third kappa shape index (κ3) is 3.44. The molecule has 0 bridgehead atoms. The standard InChI is InChI=1S/C17H18FNO/c1-13(2)19(12-14-7-4-3-5-8-14)17(20)15-9-6-10-16(18)11-15/h3-11,13H,12H2,1-2H3. The second-order valence-electron chi connectivity index (χ2n) is 5.02. The van der Waals surface area contributed by atoms with Crippen molar-refractivity contribution in [3.63, 3.8) is 0 Å². The Hall–Kier alpha value is -2.16. The molecule has 0 saturated carbocycles. The monoisotopic (exact) mass is 271 g/mol. The van der Waals surface area contributed by atoms with Crippen molar-refractivity contribution in [3.05, 3.63) is 71.5 Å². The van der Waals surface area contributed by atoms with Crippen molar-refractivity contribution in [2.75, 3.05) is 0 Å². The maximum atomic E-state index is 13.2. The minimum absolute atomic E-state index is 0.0472. The van der Waals surface area contributed by atoms with E-state index >= 15 is 0 Å². The third-order valence-electron chi connectivity index (χ3n) is 3.15. The van der Waals surface area contributed by atoms with Crippen molar-refractivity contribution in [2.24, 2.45) is 0 Å². The van der Waals surface area contributed by atoms with E-state index in [1.807, 2.05) is 44.2 Å². The van der Waals surface area contributed by atoms with Crippen LogP contribution in [-0.4, -0.2) is 16.8 Å². The van der Waals surface area contributed by atoms with Gasteiger partial charge in [0, 0.05) is 18.2 Å². The van der Waals surface area contributed by atoms with E-state index in [1.54, 1.807) is 17.0 Å². The predicted octanol–water partition coefficient (Wildman–Crippen LogP) is 3.88. The SMILES string of the molecule is CC(C)N(Cc1ccccc1)C(=O)c1cccc(F)c1. The molecular formula is C17H18FNO. The average molecular weight is 271 g/mol. The van der Waals surface area contributed by atoms with Gasteiger partial charge in [-0.1, -0.05) is 36.4 Å². The van der Waals surface area contributed by atoms with Crippen LogP contribution in [0.2, 0.25) is 0 Å². The van der Waals surface area contributed by atoms with Crippen LogP contribution < -0.4 is 0 Å². The molecule has 20 heavy (non-hydrogen) atoms. The van der Waals surface area contributed by atoms with Gasteiger partial charge >= 0.3 is 0 Å². The molecule has 0 N–H and O–H groups in total. The summed E-state index contributed by atoms with van der Waals surface area (Å²) in [5.41, 5.74) is 1.44. The van der Waals surface area contributed by atoms with Gasteiger partial charge in [-0.15, -0.1) is 0 Å². The van der Waals surface area contributed by atoms with Gasteiger partial charge in [0.1, 0.15) is 5.82 Å². The van der Waals surface area contributed by atoms with Gasteiger partial charge in [-0.2, -0.15) is 0 Å². The Kier molecular flexibility index (Phi) is 4.51. The summed E-state index contributed by atoms with van der Waals surface area (Å²) in [6, 6.07) is 15.7. The zero-order chi connectivity index (χ0) is 14.5. The normalized spacial score (nSPS) is 10.6. The summed E-state index contributed by atoms with van der Waals surface area (Å²) in [5, 5.41) is 0. The lowest BCUT2D eigenvalue weighted by molar-refractivity contribution is 0.0690. The molecule has 0 unspecified atom stereocenters. The highest BCUT2D eigenvalue weighted by molar-refractivity contribution is 5.94. The quantitative estimate of drug-likeness (QED) is 0.826. The molecule has 0 aliphatic carbocycles. The van der Waals surface area contributed by atoms with E-state index in [9.17, 15) is 9.18 Å². The molecule has 1 amide bonds. The average Bonchev–Trinajstić information content (AvgIpc) is 2.45. The van der Waals surface area contributed by atoms with Crippen LogP contribution in [0.5, 0.6) is 0 Å². The first kappa shape index (κ1) is 14.3. The molecule has 2 aromatic rings. The second kappa shape index (κ2) is 6.33. The lowest BCUT2D eigenvalue weighted by Gasteiger charge is -2.27. The molecule has 0 saturated heterocycles. The van der Waals surface area contributed by atoms with E-state index in [-0.39, 0.29) is 17.8 Å². The summed E-state index contributed by atoms with van der Waals surface area (Å²) >= 11 is 0. The van der Waals surface area contributed by atoms with Gasteiger partial charge < -0.3 is 4.90 Å². The minimum Gasteiger partial charge on any atom is -0.332 e. The number of hydrogen-bond donors (Lipinski definition) is 0. The van der Waals surface area contributed by atoms with Gasteiger partial charge in [-0.05, 0) is 37.6 Å².